The third kappa shape index (κ3) is 2.44. The van der Waals surface area contributed by atoms with Crippen molar-refractivity contribution in [1.29, 1.82) is 0 Å². The van der Waals surface area contributed by atoms with Crippen molar-refractivity contribution < 1.29 is 4.79 Å². The molecule has 17 heavy (non-hydrogen) atoms. The number of nitrogens with two attached hydrogens (primary N) is 1. The van der Waals surface area contributed by atoms with Crippen LogP contribution in [0.4, 0.5) is 5.69 Å². The van der Waals surface area contributed by atoms with Gasteiger partial charge in [-0.25, -0.2) is 5.43 Å². The minimum absolute atomic E-state index is 0.0407. The van der Waals surface area contributed by atoms with Crippen LogP contribution in [0.25, 0.3) is 0 Å². The lowest BCUT2D eigenvalue weighted by atomic mass is 10.1. The Balaban J connectivity index is 2.31. The Morgan fingerprint density at radius 1 is 1.53 bits per heavy atom. The van der Waals surface area contributed by atoms with Crippen molar-refractivity contribution in [1.82, 2.24) is 10.7 Å². The first-order valence-electron chi connectivity index (χ1n) is 5.40. The summed E-state index contributed by atoms with van der Waals surface area (Å²) in [5, 5.41) is 5.90. The summed E-state index contributed by atoms with van der Waals surface area (Å²) in [5.74, 6) is 5.48. The molecule has 0 aliphatic carbocycles. The molecule has 2 rings (SSSR count). The minimum Gasteiger partial charge on any atom is -0.324 e. The largest absolute Gasteiger partial charge is 0.324 e. The molecular weight excluding hydrogens is 236 g/mol. The van der Waals surface area contributed by atoms with Crippen LogP contribution in [0.3, 0.4) is 0 Å². The van der Waals surface area contributed by atoms with Crippen LogP contribution in [0.5, 0.6) is 0 Å². The van der Waals surface area contributed by atoms with Gasteiger partial charge in [0, 0.05) is 4.90 Å². The second kappa shape index (κ2) is 5.05. The van der Waals surface area contributed by atoms with Crippen LogP contribution in [-0.4, -0.2) is 18.2 Å². The highest BCUT2D eigenvalue weighted by Gasteiger charge is 2.23. The van der Waals surface area contributed by atoms with Crippen LogP contribution >= 0.6 is 11.8 Å². The van der Waals surface area contributed by atoms with Crippen molar-refractivity contribution >= 4 is 23.4 Å². The highest BCUT2D eigenvalue weighted by molar-refractivity contribution is 8.00. The lowest BCUT2D eigenvalue weighted by Gasteiger charge is -2.23. The summed E-state index contributed by atoms with van der Waals surface area (Å²) in [5.41, 5.74) is 4.51. The van der Waals surface area contributed by atoms with Crippen LogP contribution in [0, 0.1) is 0 Å². The van der Waals surface area contributed by atoms with Gasteiger partial charge in [-0.05, 0) is 31.7 Å². The second-order valence-corrected chi connectivity index (χ2v) is 5.28. The molecule has 1 heterocycles. The lowest BCUT2D eigenvalue weighted by Crippen LogP contribution is -2.36. The second-order valence-electron chi connectivity index (χ2n) is 3.89. The van der Waals surface area contributed by atoms with Gasteiger partial charge in [-0.1, -0.05) is 6.07 Å². The lowest BCUT2D eigenvalue weighted by molar-refractivity contribution is -0.115. The summed E-state index contributed by atoms with van der Waals surface area (Å²) in [6.07, 6.45) is -0.124. The van der Waals surface area contributed by atoms with Gasteiger partial charge in [0.05, 0.1) is 17.1 Å². The zero-order valence-corrected chi connectivity index (χ0v) is 10.6. The number of anilines is 1. The first-order valence-corrected chi connectivity index (χ1v) is 6.28. The molecule has 2 atom stereocenters. The molecule has 0 aromatic heterocycles. The summed E-state index contributed by atoms with van der Waals surface area (Å²) >= 11 is 1.57. The molecule has 5 N–H and O–H groups in total. The number of hydrogen-bond acceptors (Lipinski definition) is 5. The van der Waals surface area contributed by atoms with E-state index in [0.29, 0.717) is 0 Å². The number of thioether (sulfide) groups is 1. The molecule has 1 amide bonds. The van der Waals surface area contributed by atoms with E-state index in [1.165, 1.54) is 0 Å². The highest BCUT2D eigenvalue weighted by atomic mass is 32.2. The van der Waals surface area contributed by atoms with Crippen molar-refractivity contribution in [3.05, 3.63) is 23.8 Å². The van der Waals surface area contributed by atoms with Crippen LogP contribution in [0.2, 0.25) is 0 Å². The Bertz CT molecular complexity index is 433. The van der Waals surface area contributed by atoms with Gasteiger partial charge in [-0.15, -0.1) is 11.8 Å². The predicted molar refractivity (Wildman–Crippen MR) is 69.5 cm³/mol. The molecule has 0 fully saturated rings. The molecule has 1 aromatic carbocycles. The van der Waals surface area contributed by atoms with E-state index in [2.05, 4.69) is 16.1 Å². The Morgan fingerprint density at radius 2 is 2.29 bits per heavy atom. The predicted octanol–water partition coefficient (Wildman–Crippen LogP) is 0.801. The number of amides is 1. The highest BCUT2D eigenvalue weighted by Crippen LogP contribution is 2.36. The van der Waals surface area contributed by atoms with E-state index in [4.69, 9.17) is 5.84 Å². The number of hydrogen-bond donors (Lipinski definition) is 4. The number of benzene rings is 1. The molecule has 0 bridgehead atoms. The molecule has 1 aromatic rings. The Hall–Kier alpha value is -1.08. The van der Waals surface area contributed by atoms with E-state index in [1.807, 2.05) is 32.2 Å². The SMILES string of the molecule is CNC(NN)c1ccc2c(c1)NC(=O)C(C)S2. The fourth-order valence-electron chi connectivity index (χ4n) is 1.75. The van der Waals surface area contributed by atoms with E-state index < -0.39 is 0 Å². The summed E-state index contributed by atoms with van der Waals surface area (Å²) in [7, 11) is 1.82. The van der Waals surface area contributed by atoms with Gasteiger partial charge >= 0.3 is 0 Å². The van der Waals surface area contributed by atoms with Crippen LogP contribution < -0.4 is 21.9 Å². The maximum atomic E-state index is 11.6. The molecule has 0 saturated carbocycles. The van der Waals surface area contributed by atoms with Crippen LogP contribution in [-0.2, 0) is 4.79 Å². The zero-order valence-electron chi connectivity index (χ0n) is 9.78. The van der Waals surface area contributed by atoms with Gasteiger partial charge in [0.2, 0.25) is 5.91 Å². The molecule has 92 valence electrons. The van der Waals surface area contributed by atoms with Gasteiger partial charge in [-0.3, -0.25) is 10.6 Å². The average Bonchev–Trinajstić information content (AvgIpc) is 2.32. The van der Waals surface area contributed by atoms with Gasteiger partial charge < -0.3 is 10.6 Å². The number of carbonyl (C=O) groups is 1. The van der Waals surface area contributed by atoms with Crippen molar-refractivity contribution in [3.8, 4) is 0 Å². The van der Waals surface area contributed by atoms with Crippen molar-refractivity contribution in [2.75, 3.05) is 12.4 Å². The summed E-state index contributed by atoms with van der Waals surface area (Å²) < 4.78 is 0. The Kier molecular flexibility index (Phi) is 3.68. The van der Waals surface area contributed by atoms with E-state index in [1.54, 1.807) is 11.8 Å². The van der Waals surface area contributed by atoms with Crippen molar-refractivity contribution in [2.24, 2.45) is 5.84 Å². The number of rotatable bonds is 3. The molecule has 1 aliphatic rings. The summed E-state index contributed by atoms with van der Waals surface area (Å²) in [6, 6.07) is 5.94. The topological polar surface area (TPSA) is 79.2 Å². The van der Waals surface area contributed by atoms with E-state index in [-0.39, 0.29) is 17.3 Å². The fourth-order valence-corrected chi connectivity index (χ4v) is 2.68. The number of hydrazine groups is 1. The van der Waals surface area contributed by atoms with E-state index in [9.17, 15) is 4.79 Å². The minimum atomic E-state index is -0.124. The van der Waals surface area contributed by atoms with Crippen LogP contribution in [0.15, 0.2) is 23.1 Å². The van der Waals surface area contributed by atoms with Gasteiger partial charge in [-0.2, -0.15) is 0 Å². The molecule has 0 saturated heterocycles. The van der Waals surface area contributed by atoms with Gasteiger partial charge in [0.1, 0.15) is 0 Å². The maximum absolute atomic E-state index is 11.6. The number of carbonyl (C=O) groups excluding carboxylic acids is 1. The van der Waals surface area contributed by atoms with E-state index in [0.717, 1.165) is 16.1 Å². The van der Waals surface area contributed by atoms with Crippen LogP contribution in [0.1, 0.15) is 18.7 Å². The molecule has 0 spiro atoms. The normalized spacial score (nSPS) is 20.6. The maximum Gasteiger partial charge on any atom is 0.237 e. The molecule has 0 radical (unpaired) electrons. The smallest absolute Gasteiger partial charge is 0.237 e. The van der Waals surface area contributed by atoms with E-state index >= 15 is 0 Å². The van der Waals surface area contributed by atoms with Crippen molar-refractivity contribution in [3.63, 3.8) is 0 Å². The van der Waals surface area contributed by atoms with Gasteiger partial charge in [0.25, 0.3) is 0 Å². The van der Waals surface area contributed by atoms with Crippen molar-refractivity contribution in [2.45, 2.75) is 23.2 Å². The molecular formula is C11H16N4OS. The molecule has 5 nitrogen and oxygen atoms in total. The summed E-state index contributed by atoms with van der Waals surface area (Å²) in [4.78, 5) is 12.7. The Morgan fingerprint density at radius 3 is 2.94 bits per heavy atom. The fraction of sp³-hybridized carbons (Fsp3) is 0.364. The number of fused-ring (bicyclic) bond motifs is 1. The molecule has 2 unspecified atom stereocenters. The standard InChI is InChI=1S/C11H16N4OS/c1-6-11(16)14-8-5-7(10(13-2)15-12)3-4-9(8)17-6/h3-6,10,13,15H,12H2,1-2H3,(H,14,16). The third-order valence-electron chi connectivity index (χ3n) is 2.72. The first kappa shape index (κ1) is 12.4. The first-order chi connectivity index (χ1) is 8.15. The molecule has 6 heteroatoms. The third-order valence-corrected chi connectivity index (χ3v) is 3.90. The Labute approximate surface area is 104 Å². The van der Waals surface area contributed by atoms with Gasteiger partial charge in [0.15, 0.2) is 0 Å². The molecule has 1 aliphatic heterocycles. The monoisotopic (exact) mass is 252 g/mol. The summed E-state index contributed by atoms with van der Waals surface area (Å²) in [6.45, 7) is 1.90. The number of nitrogens with one attached hydrogen (secondary N) is 3. The average molecular weight is 252 g/mol. The quantitative estimate of drug-likeness (QED) is 0.363. The zero-order chi connectivity index (χ0) is 12.4.